The summed E-state index contributed by atoms with van der Waals surface area (Å²) in [6, 6.07) is 14.1. The van der Waals surface area contributed by atoms with Crippen molar-refractivity contribution >= 4 is 27.5 Å². The van der Waals surface area contributed by atoms with Gasteiger partial charge in [-0.2, -0.15) is 0 Å². The smallest absolute Gasteiger partial charge is 0.269 e. The molecule has 5 rings (SSSR count). The average Bonchev–Trinajstić information content (AvgIpc) is 3.39. The Hall–Kier alpha value is -2.87. The molecule has 0 bridgehead atoms. The summed E-state index contributed by atoms with van der Waals surface area (Å²) in [6.45, 7) is 1.14. The summed E-state index contributed by atoms with van der Waals surface area (Å²) >= 11 is 0. The zero-order valence-corrected chi connectivity index (χ0v) is 16.6. The molecule has 2 aromatic carbocycles. The number of benzene rings is 2. The zero-order chi connectivity index (χ0) is 20.2. The zero-order valence-electron chi connectivity index (χ0n) is 15.7. The van der Waals surface area contributed by atoms with Crippen molar-refractivity contribution in [2.45, 2.75) is 36.2 Å². The number of nitrogens with one attached hydrogen (secondary N) is 1. The van der Waals surface area contributed by atoms with E-state index in [1.807, 2.05) is 30.3 Å². The molecular weight excluding hydrogens is 390 g/mol. The number of carbonyl (C=O) groups excluding carboxylic acids is 2. The van der Waals surface area contributed by atoms with Crippen molar-refractivity contribution in [3.63, 3.8) is 0 Å². The lowest BCUT2D eigenvalue weighted by molar-refractivity contribution is 0.0789. The predicted octanol–water partition coefficient (Wildman–Crippen LogP) is 2.32. The number of nitrogens with zero attached hydrogens (tertiary/aromatic N) is 2. The van der Waals surface area contributed by atoms with Crippen LogP contribution in [0.25, 0.3) is 0 Å². The molecule has 0 radical (unpaired) electrons. The monoisotopic (exact) mass is 411 g/mol. The summed E-state index contributed by atoms with van der Waals surface area (Å²) in [4.78, 5) is 27.1. The lowest BCUT2D eigenvalue weighted by atomic mass is 10.1. The van der Waals surface area contributed by atoms with E-state index in [0.29, 0.717) is 31.5 Å². The largest absolute Gasteiger partial charge is 0.380 e. The highest BCUT2D eigenvalue weighted by Gasteiger charge is 2.49. The molecule has 29 heavy (non-hydrogen) atoms. The molecule has 150 valence electrons. The Balaban J connectivity index is 1.34. The number of carbonyl (C=O) groups is 2. The van der Waals surface area contributed by atoms with Gasteiger partial charge in [-0.05, 0) is 49.6 Å². The fraction of sp³-hybridized carbons (Fsp3) is 0.333. The Labute approximate surface area is 169 Å². The molecule has 0 aromatic heterocycles. The van der Waals surface area contributed by atoms with Crippen LogP contribution in [-0.4, -0.2) is 54.6 Å². The SMILES string of the molecule is O=C(c1ccc2c(c1)S(=O)(=O)N(C1CC1)C2=O)N1CCC(Nc2ccccc2)C1. The van der Waals surface area contributed by atoms with Gasteiger partial charge >= 0.3 is 0 Å². The van der Waals surface area contributed by atoms with Gasteiger partial charge in [-0.1, -0.05) is 18.2 Å². The van der Waals surface area contributed by atoms with Crippen LogP contribution in [0.4, 0.5) is 5.69 Å². The van der Waals surface area contributed by atoms with Gasteiger partial charge < -0.3 is 10.2 Å². The van der Waals surface area contributed by atoms with E-state index in [2.05, 4.69) is 5.32 Å². The van der Waals surface area contributed by atoms with Crippen LogP contribution in [0.2, 0.25) is 0 Å². The fourth-order valence-corrected chi connectivity index (χ4v) is 5.91. The fourth-order valence-electron chi connectivity index (χ4n) is 4.07. The Morgan fingerprint density at radius 1 is 1.03 bits per heavy atom. The molecule has 1 saturated carbocycles. The van der Waals surface area contributed by atoms with Crippen molar-refractivity contribution in [1.29, 1.82) is 0 Å². The van der Waals surface area contributed by atoms with E-state index in [1.165, 1.54) is 12.1 Å². The third-order valence-corrected chi connectivity index (χ3v) is 7.57. The third kappa shape index (κ3) is 3.07. The Morgan fingerprint density at radius 2 is 1.79 bits per heavy atom. The van der Waals surface area contributed by atoms with Crippen molar-refractivity contribution in [2.24, 2.45) is 0 Å². The maximum Gasteiger partial charge on any atom is 0.269 e. The van der Waals surface area contributed by atoms with Gasteiger partial charge in [0.2, 0.25) is 0 Å². The molecule has 1 atom stereocenters. The summed E-state index contributed by atoms with van der Waals surface area (Å²) in [5.74, 6) is -0.688. The van der Waals surface area contributed by atoms with Gasteiger partial charge in [0.15, 0.2) is 0 Å². The number of rotatable bonds is 4. The van der Waals surface area contributed by atoms with Crippen LogP contribution in [0.5, 0.6) is 0 Å². The van der Waals surface area contributed by atoms with Crippen LogP contribution in [0.15, 0.2) is 53.4 Å². The summed E-state index contributed by atoms with van der Waals surface area (Å²) in [7, 11) is -3.86. The van der Waals surface area contributed by atoms with E-state index in [-0.39, 0.29) is 28.4 Å². The van der Waals surface area contributed by atoms with Crippen LogP contribution in [0, 0.1) is 0 Å². The second-order valence-corrected chi connectivity index (χ2v) is 9.58. The number of amides is 2. The third-order valence-electron chi connectivity index (χ3n) is 5.69. The Morgan fingerprint density at radius 3 is 2.52 bits per heavy atom. The van der Waals surface area contributed by atoms with Gasteiger partial charge in [0.25, 0.3) is 21.8 Å². The highest BCUT2D eigenvalue weighted by atomic mass is 32.2. The quantitative estimate of drug-likeness (QED) is 0.834. The lowest BCUT2D eigenvalue weighted by Crippen LogP contribution is -2.32. The van der Waals surface area contributed by atoms with Gasteiger partial charge in [0.1, 0.15) is 4.90 Å². The summed E-state index contributed by atoms with van der Waals surface area (Å²) < 4.78 is 26.6. The number of likely N-dealkylation sites (tertiary alicyclic amines) is 1. The molecule has 8 heteroatoms. The molecule has 1 unspecified atom stereocenters. The number of hydrogen-bond donors (Lipinski definition) is 1. The molecule has 1 aliphatic carbocycles. The summed E-state index contributed by atoms with van der Waals surface area (Å²) in [5, 5.41) is 3.42. The van der Waals surface area contributed by atoms with E-state index in [4.69, 9.17) is 0 Å². The van der Waals surface area contributed by atoms with Crippen molar-refractivity contribution in [3.05, 3.63) is 59.7 Å². The second kappa shape index (κ2) is 6.59. The van der Waals surface area contributed by atoms with E-state index < -0.39 is 15.9 Å². The van der Waals surface area contributed by atoms with E-state index in [1.54, 1.807) is 11.0 Å². The lowest BCUT2D eigenvalue weighted by Gasteiger charge is -2.18. The number of hydrogen-bond acceptors (Lipinski definition) is 5. The number of fused-ring (bicyclic) bond motifs is 1. The summed E-state index contributed by atoms with van der Waals surface area (Å²) in [5.41, 5.74) is 1.48. The van der Waals surface area contributed by atoms with Crippen LogP contribution in [0.3, 0.4) is 0 Å². The minimum Gasteiger partial charge on any atom is -0.380 e. The van der Waals surface area contributed by atoms with Crippen LogP contribution >= 0.6 is 0 Å². The summed E-state index contributed by atoms with van der Waals surface area (Å²) in [6.07, 6.45) is 2.22. The maximum absolute atomic E-state index is 13.0. The number of para-hydroxylation sites is 1. The van der Waals surface area contributed by atoms with Crippen LogP contribution in [-0.2, 0) is 10.0 Å². The highest BCUT2D eigenvalue weighted by Crippen LogP contribution is 2.39. The van der Waals surface area contributed by atoms with Crippen LogP contribution in [0.1, 0.15) is 40.0 Å². The molecule has 1 N–H and O–H groups in total. The molecule has 2 heterocycles. The Bertz CT molecular complexity index is 1100. The van der Waals surface area contributed by atoms with Crippen molar-refractivity contribution in [2.75, 3.05) is 18.4 Å². The minimum absolute atomic E-state index is 0.0431. The minimum atomic E-state index is -3.86. The molecule has 2 aliphatic heterocycles. The van der Waals surface area contributed by atoms with Gasteiger partial charge in [-0.25, -0.2) is 12.7 Å². The first kappa shape index (κ1) is 18.2. The van der Waals surface area contributed by atoms with E-state index >= 15 is 0 Å². The van der Waals surface area contributed by atoms with Gasteiger partial charge in [-0.3, -0.25) is 9.59 Å². The molecule has 3 aliphatic rings. The molecule has 2 aromatic rings. The predicted molar refractivity (Wildman–Crippen MR) is 107 cm³/mol. The first-order valence-corrected chi connectivity index (χ1v) is 11.2. The first-order valence-electron chi connectivity index (χ1n) is 9.79. The van der Waals surface area contributed by atoms with Gasteiger partial charge in [-0.15, -0.1) is 0 Å². The second-order valence-electron chi connectivity index (χ2n) is 7.80. The van der Waals surface area contributed by atoms with Crippen molar-refractivity contribution in [3.8, 4) is 0 Å². The molecule has 7 nitrogen and oxygen atoms in total. The molecule has 2 fully saturated rings. The van der Waals surface area contributed by atoms with Gasteiger partial charge in [0.05, 0.1) is 5.56 Å². The van der Waals surface area contributed by atoms with Crippen LogP contribution < -0.4 is 5.32 Å². The first-order chi connectivity index (χ1) is 13.9. The van der Waals surface area contributed by atoms with Crippen molar-refractivity contribution in [1.82, 2.24) is 9.21 Å². The van der Waals surface area contributed by atoms with E-state index in [0.717, 1.165) is 16.4 Å². The highest BCUT2D eigenvalue weighted by molar-refractivity contribution is 7.90. The molecule has 2 amide bonds. The molecular formula is C21H21N3O4S. The average molecular weight is 411 g/mol. The molecule has 0 spiro atoms. The number of anilines is 1. The van der Waals surface area contributed by atoms with Gasteiger partial charge in [0, 0.05) is 36.4 Å². The molecule has 1 saturated heterocycles. The maximum atomic E-state index is 13.0. The Kier molecular flexibility index (Phi) is 4.13. The van der Waals surface area contributed by atoms with E-state index in [9.17, 15) is 18.0 Å². The standard InChI is InChI=1S/C21H21N3O4S/c25-20(23-11-10-16(13-23)22-15-4-2-1-3-5-15)14-6-9-18-19(12-14)29(27,28)24(21(18)26)17-7-8-17/h1-6,9,12,16-17,22H,7-8,10-11,13H2. The topological polar surface area (TPSA) is 86.8 Å². The normalized spacial score (nSPS) is 22.6. The van der Waals surface area contributed by atoms with Crippen molar-refractivity contribution < 1.29 is 18.0 Å². The number of sulfonamides is 1.